The van der Waals surface area contributed by atoms with Crippen LogP contribution in [0.5, 0.6) is 0 Å². The Morgan fingerprint density at radius 3 is 2.63 bits per heavy atom. The summed E-state index contributed by atoms with van der Waals surface area (Å²) in [7, 11) is 0. The van der Waals surface area contributed by atoms with Gasteiger partial charge >= 0.3 is 0 Å². The molecule has 1 heterocycles. The van der Waals surface area contributed by atoms with Gasteiger partial charge in [0.2, 0.25) is 11.8 Å². The Morgan fingerprint density at radius 2 is 2.00 bits per heavy atom. The highest BCUT2D eigenvalue weighted by atomic mass is 16.2. The van der Waals surface area contributed by atoms with Gasteiger partial charge in [-0.05, 0) is 31.6 Å². The Kier molecular flexibility index (Phi) is 4.45. The fourth-order valence-corrected chi connectivity index (χ4v) is 3.48. The second kappa shape index (κ2) is 5.90. The molecule has 19 heavy (non-hydrogen) atoms. The summed E-state index contributed by atoms with van der Waals surface area (Å²) in [6, 6.07) is 0.280. The smallest absolute Gasteiger partial charge is 0.225 e. The molecule has 0 bridgehead atoms. The van der Waals surface area contributed by atoms with Crippen LogP contribution in [-0.4, -0.2) is 41.9 Å². The van der Waals surface area contributed by atoms with Crippen LogP contribution in [0.4, 0.5) is 0 Å². The van der Waals surface area contributed by atoms with Crippen LogP contribution < -0.4 is 11.1 Å². The minimum Gasteiger partial charge on any atom is -0.352 e. The lowest BCUT2D eigenvalue weighted by molar-refractivity contribution is -0.136. The first-order chi connectivity index (χ1) is 8.95. The van der Waals surface area contributed by atoms with Crippen LogP contribution in [0.25, 0.3) is 0 Å². The third kappa shape index (κ3) is 3.69. The van der Waals surface area contributed by atoms with E-state index in [1.165, 1.54) is 6.92 Å². The first kappa shape index (κ1) is 14.3. The number of nitrogens with one attached hydrogen (secondary N) is 1. The number of carbonyl (C=O) groups is 2. The topological polar surface area (TPSA) is 75.4 Å². The molecule has 0 spiro atoms. The highest BCUT2D eigenvalue weighted by Crippen LogP contribution is 2.30. The molecule has 2 aliphatic rings. The average Bonchev–Trinajstić information content (AvgIpc) is 2.74. The van der Waals surface area contributed by atoms with E-state index in [1.807, 2.05) is 4.90 Å². The van der Waals surface area contributed by atoms with E-state index in [0.29, 0.717) is 12.5 Å². The van der Waals surface area contributed by atoms with Crippen molar-refractivity contribution < 1.29 is 9.59 Å². The molecule has 1 saturated carbocycles. The third-order valence-corrected chi connectivity index (χ3v) is 4.24. The number of hydrogen-bond donors (Lipinski definition) is 2. The minimum atomic E-state index is -0.0207. The molecule has 1 saturated heterocycles. The summed E-state index contributed by atoms with van der Waals surface area (Å²) in [4.78, 5) is 25.4. The van der Waals surface area contributed by atoms with E-state index in [2.05, 4.69) is 12.2 Å². The molecule has 4 atom stereocenters. The van der Waals surface area contributed by atoms with Gasteiger partial charge < -0.3 is 16.0 Å². The van der Waals surface area contributed by atoms with Gasteiger partial charge in [0.25, 0.3) is 0 Å². The first-order valence-corrected chi connectivity index (χ1v) is 7.27. The maximum absolute atomic E-state index is 12.5. The molecule has 0 aromatic rings. The number of likely N-dealkylation sites (tertiary alicyclic amines) is 1. The van der Waals surface area contributed by atoms with Crippen molar-refractivity contribution in [3.63, 3.8) is 0 Å². The zero-order valence-corrected chi connectivity index (χ0v) is 11.9. The summed E-state index contributed by atoms with van der Waals surface area (Å²) >= 11 is 0. The van der Waals surface area contributed by atoms with Gasteiger partial charge in [-0.15, -0.1) is 0 Å². The lowest BCUT2D eigenvalue weighted by atomic mass is 9.79. The number of rotatable bonds is 2. The average molecular weight is 267 g/mol. The van der Waals surface area contributed by atoms with Crippen molar-refractivity contribution in [2.24, 2.45) is 17.6 Å². The largest absolute Gasteiger partial charge is 0.352 e. The van der Waals surface area contributed by atoms with Gasteiger partial charge in [-0.3, -0.25) is 9.59 Å². The van der Waals surface area contributed by atoms with E-state index in [4.69, 9.17) is 5.73 Å². The Labute approximate surface area is 114 Å². The molecule has 2 amide bonds. The first-order valence-electron chi connectivity index (χ1n) is 7.27. The summed E-state index contributed by atoms with van der Waals surface area (Å²) in [5.41, 5.74) is 6.02. The Morgan fingerprint density at radius 1 is 1.26 bits per heavy atom. The molecule has 2 rings (SSSR count). The van der Waals surface area contributed by atoms with Crippen molar-refractivity contribution >= 4 is 11.8 Å². The molecular weight excluding hydrogens is 242 g/mol. The van der Waals surface area contributed by atoms with Crippen LogP contribution >= 0.6 is 0 Å². The minimum absolute atomic E-state index is 0.0207. The molecule has 1 aliphatic carbocycles. The van der Waals surface area contributed by atoms with Gasteiger partial charge in [-0.25, -0.2) is 0 Å². The molecule has 1 aliphatic heterocycles. The molecule has 3 N–H and O–H groups in total. The molecule has 4 unspecified atom stereocenters. The van der Waals surface area contributed by atoms with E-state index in [0.717, 1.165) is 32.2 Å². The Hall–Kier alpha value is -1.10. The van der Waals surface area contributed by atoms with E-state index < -0.39 is 0 Å². The van der Waals surface area contributed by atoms with Crippen molar-refractivity contribution in [3.8, 4) is 0 Å². The third-order valence-electron chi connectivity index (χ3n) is 4.24. The van der Waals surface area contributed by atoms with Crippen molar-refractivity contribution in [2.75, 3.05) is 13.1 Å². The van der Waals surface area contributed by atoms with Gasteiger partial charge in [0.15, 0.2) is 0 Å². The van der Waals surface area contributed by atoms with Crippen molar-refractivity contribution in [2.45, 2.75) is 51.6 Å². The molecular formula is C14H25N3O2. The van der Waals surface area contributed by atoms with Gasteiger partial charge in [-0.2, -0.15) is 0 Å². The summed E-state index contributed by atoms with van der Waals surface area (Å²) in [5, 5.41) is 2.89. The van der Waals surface area contributed by atoms with Gasteiger partial charge in [0.05, 0.1) is 0 Å². The number of carbonyl (C=O) groups excluding carboxylic acids is 2. The van der Waals surface area contributed by atoms with Gasteiger partial charge in [0.1, 0.15) is 0 Å². The normalized spacial score (nSPS) is 35.2. The summed E-state index contributed by atoms with van der Waals surface area (Å²) in [6.07, 6.45) is 3.65. The summed E-state index contributed by atoms with van der Waals surface area (Å²) in [5.74, 6) is 0.823. The van der Waals surface area contributed by atoms with Crippen molar-refractivity contribution in [1.82, 2.24) is 10.2 Å². The monoisotopic (exact) mass is 267 g/mol. The van der Waals surface area contributed by atoms with Crippen LogP contribution in [-0.2, 0) is 9.59 Å². The molecule has 0 aromatic heterocycles. The highest BCUT2D eigenvalue weighted by molar-refractivity contribution is 5.79. The number of nitrogens with zero attached hydrogens (tertiary/aromatic N) is 1. The fraction of sp³-hybridized carbons (Fsp3) is 0.857. The standard InChI is InChI=1S/C14H25N3O2/c1-9-5-11(7-12(15)6-9)14(19)17-4-3-13(8-17)16-10(2)18/h9,11-13H,3-8,15H2,1-2H3,(H,16,18). The second-order valence-corrected chi connectivity index (χ2v) is 6.24. The van der Waals surface area contributed by atoms with E-state index in [-0.39, 0.29) is 29.8 Å². The van der Waals surface area contributed by atoms with E-state index in [9.17, 15) is 9.59 Å². The van der Waals surface area contributed by atoms with Gasteiger partial charge in [0, 0.05) is 38.0 Å². The van der Waals surface area contributed by atoms with Crippen LogP contribution in [0.3, 0.4) is 0 Å². The summed E-state index contributed by atoms with van der Waals surface area (Å²) in [6.45, 7) is 5.10. The molecule has 108 valence electrons. The maximum atomic E-state index is 12.5. The van der Waals surface area contributed by atoms with Crippen molar-refractivity contribution in [1.29, 1.82) is 0 Å². The zero-order chi connectivity index (χ0) is 14.0. The van der Waals surface area contributed by atoms with Crippen LogP contribution in [0, 0.1) is 11.8 Å². The number of amides is 2. The molecule has 2 fully saturated rings. The van der Waals surface area contributed by atoms with E-state index in [1.54, 1.807) is 0 Å². The maximum Gasteiger partial charge on any atom is 0.225 e. The highest BCUT2D eigenvalue weighted by Gasteiger charge is 2.35. The lowest BCUT2D eigenvalue weighted by Gasteiger charge is -2.32. The Bertz CT molecular complexity index is 349. The number of nitrogens with two attached hydrogens (primary N) is 1. The quantitative estimate of drug-likeness (QED) is 0.764. The fourth-order valence-electron chi connectivity index (χ4n) is 3.48. The van der Waals surface area contributed by atoms with Crippen LogP contribution in [0.1, 0.15) is 39.5 Å². The Balaban J connectivity index is 1.88. The molecule has 0 radical (unpaired) electrons. The summed E-state index contributed by atoms with van der Waals surface area (Å²) < 4.78 is 0. The van der Waals surface area contributed by atoms with E-state index >= 15 is 0 Å². The number of hydrogen-bond acceptors (Lipinski definition) is 3. The van der Waals surface area contributed by atoms with Crippen LogP contribution in [0.15, 0.2) is 0 Å². The van der Waals surface area contributed by atoms with Crippen LogP contribution in [0.2, 0.25) is 0 Å². The molecule has 0 aromatic carbocycles. The second-order valence-electron chi connectivity index (χ2n) is 6.24. The van der Waals surface area contributed by atoms with Gasteiger partial charge in [-0.1, -0.05) is 6.92 Å². The SMILES string of the molecule is CC(=O)NC1CCN(C(=O)C2CC(C)CC(N)C2)C1. The molecule has 5 heteroatoms. The zero-order valence-electron chi connectivity index (χ0n) is 11.9. The molecule has 5 nitrogen and oxygen atoms in total. The lowest BCUT2D eigenvalue weighted by Crippen LogP contribution is -2.43. The predicted octanol–water partition coefficient (Wildman–Crippen LogP) is 0.487. The predicted molar refractivity (Wildman–Crippen MR) is 73.3 cm³/mol. The van der Waals surface area contributed by atoms with Crippen molar-refractivity contribution in [3.05, 3.63) is 0 Å².